The molecule has 0 saturated heterocycles. The number of aryl methyl sites for hydroxylation is 1. The lowest BCUT2D eigenvalue weighted by molar-refractivity contribution is 0.0982. The van der Waals surface area contributed by atoms with Gasteiger partial charge in [0.25, 0.3) is 5.91 Å². The van der Waals surface area contributed by atoms with E-state index in [0.717, 1.165) is 46.4 Å². The fraction of sp³-hybridized carbons (Fsp3) is 0.154. The molecule has 1 aliphatic heterocycles. The van der Waals surface area contributed by atoms with Crippen molar-refractivity contribution in [1.82, 2.24) is 15.0 Å². The predicted octanol–water partition coefficient (Wildman–Crippen LogP) is 5.24. The molecule has 2 aromatic heterocycles. The third kappa shape index (κ3) is 4.94. The monoisotopic (exact) mass is 504 g/mol. The van der Waals surface area contributed by atoms with Crippen LogP contribution in [0.15, 0.2) is 67.0 Å². The third-order valence-electron chi connectivity index (χ3n) is 5.73. The third-order valence-corrected chi connectivity index (χ3v) is 7.03. The van der Waals surface area contributed by atoms with Crippen LogP contribution in [-0.2, 0) is 18.7 Å². The Hall–Kier alpha value is -3.62. The van der Waals surface area contributed by atoms with Gasteiger partial charge in [-0.15, -0.1) is 0 Å². The van der Waals surface area contributed by atoms with Crippen LogP contribution >= 0.6 is 23.4 Å². The van der Waals surface area contributed by atoms with Crippen LogP contribution in [-0.4, -0.2) is 36.8 Å². The molecule has 0 fully saturated rings. The largest absolute Gasteiger partial charge is 0.508 e. The Morgan fingerprint density at radius 3 is 2.66 bits per heavy atom. The first-order valence-corrected chi connectivity index (χ1v) is 12.5. The summed E-state index contributed by atoms with van der Waals surface area (Å²) in [4.78, 5) is 28.4. The van der Waals surface area contributed by atoms with Gasteiger partial charge in [-0.3, -0.25) is 9.78 Å². The number of phenols is 2. The summed E-state index contributed by atoms with van der Waals surface area (Å²) < 4.78 is 0. The maximum atomic E-state index is 13.5. The van der Waals surface area contributed by atoms with Gasteiger partial charge in [-0.1, -0.05) is 17.7 Å². The minimum absolute atomic E-state index is 0.0819. The van der Waals surface area contributed by atoms with E-state index in [2.05, 4.69) is 9.97 Å². The Kier molecular flexibility index (Phi) is 6.57. The molecular weight excluding hydrogens is 484 g/mol. The van der Waals surface area contributed by atoms with Crippen molar-refractivity contribution in [2.75, 3.05) is 10.7 Å². The lowest BCUT2D eigenvalue weighted by Crippen LogP contribution is -2.30. The molecule has 2 N–H and O–H groups in total. The first kappa shape index (κ1) is 23.1. The summed E-state index contributed by atoms with van der Waals surface area (Å²) in [6.07, 6.45) is 4.21. The van der Waals surface area contributed by atoms with Gasteiger partial charge in [-0.05, 0) is 60.2 Å². The van der Waals surface area contributed by atoms with E-state index < -0.39 is 5.91 Å². The van der Waals surface area contributed by atoms with Gasteiger partial charge in [0.1, 0.15) is 16.7 Å². The molecule has 1 amide bonds. The van der Waals surface area contributed by atoms with Crippen molar-refractivity contribution in [3.8, 4) is 22.9 Å². The van der Waals surface area contributed by atoms with Crippen LogP contribution in [0.25, 0.3) is 11.4 Å². The van der Waals surface area contributed by atoms with Crippen molar-refractivity contribution in [3.05, 3.63) is 94.5 Å². The number of halogens is 1. The number of rotatable bonds is 5. The highest BCUT2D eigenvalue weighted by Gasteiger charge is 2.22. The van der Waals surface area contributed by atoms with Crippen LogP contribution in [0.1, 0.15) is 27.2 Å². The van der Waals surface area contributed by atoms with Gasteiger partial charge in [0.15, 0.2) is 5.82 Å². The van der Waals surface area contributed by atoms with Crippen LogP contribution < -0.4 is 4.90 Å². The second kappa shape index (κ2) is 9.93. The van der Waals surface area contributed by atoms with Gasteiger partial charge in [-0.25, -0.2) is 9.97 Å². The SMILES string of the molecule is O=C(c1ccc(O)cc1O)N(Cc1cccnc1)c1ccc(-c2nc(Cl)c3c(n2)CCSC3)cc1. The standard InChI is InChI=1S/C26H21ClN4O3S/c27-24-21-15-35-11-9-22(21)29-25(30-24)17-3-5-18(6-4-17)31(14-16-2-1-10-28-13-16)26(34)20-8-7-19(32)12-23(20)33/h1-8,10,12-13,32-33H,9,11,14-15H2. The van der Waals surface area contributed by atoms with Crippen LogP contribution in [0.5, 0.6) is 11.5 Å². The molecular formula is C26H21ClN4O3S. The summed E-state index contributed by atoms with van der Waals surface area (Å²) >= 11 is 8.26. The minimum atomic E-state index is -0.412. The Bertz CT molecular complexity index is 1380. The first-order chi connectivity index (χ1) is 17.0. The molecule has 0 spiro atoms. The maximum Gasteiger partial charge on any atom is 0.262 e. The van der Waals surface area contributed by atoms with E-state index in [0.29, 0.717) is 16.7 Å². The van der Waals surface area contributed by atoms with Crippen molar-refractivity contribution >= 4 is 35.0 Å². The molecule has 0 atom stereocenters. The van der Waals surface area contributed by atoms with Crippen molar-refractivity contribution < 1.29 is 15.0 Å². The smallest absolute Gasteiger partial charge is 0.262 e. The number of nitrogens with zero attached hydrogens (tertiary/aromatic N) is 4. The second-order valence-corrected chi connectivity index (χ2v) is 9.53. The Morgan fingerprint density at radius 2 is 1.91 bits per heavy atom. The van der Waals surface area contributed by atoms with Gasteiger partial charge in [0.2, 0.25) is 0 Å². The number of hydrogen-bond acceptors (Lipinski definition) is 7. The van der Waals surface area contributed by atoms with Crippen molar-refractivity contribution in [2.24, 2.45) is 0 Å². The number of hydrogen-bond donors (Lipinski definition) is 2. The van der Waals surface area contributed by atoms with Crippen molar-refractivity contribution in [3.63, 3.8) is 0 Å². The highest BCUT2D eigenvalue weighted by molar-refractivity contribution is 7.98. The number of anilines is 1. The molecule has 0 radical (unpaired) electrons. The summed E-state index contributed by atoms with van der Waals surface area (Å²) in [7, 11) is 0. The lowest BCUT2D eigenvalue weighted by atomic mass is 10.1. The molecule has 0 aliphatic carbocycles. The predicted molar refractivity (Wildman–Crippen MR) is 137 cm³/mol. The number of thioether (sulfide) groups is 1. The number of aromatic nitrogens is 3. The average Bonchev–Trinajstić information content (AvgIpc) is 2.88. The Labute approximate surface area is 211 Å². The average molecular weight is 505 g/mol. The van der Waals surface area contributed by atoms with E-state index in [9.17, 15) is 15.0 Å². The van der Waals surface area contributed by atoms with E-state index in [1.165, 1.54) is 12.1 Å². The number of aromatic hydroxyl groups is 2. The molecule has 1 aliphatic rings. The minimum Gasteiger partial charge on any atom is -0.508 e. The van der Waals surface area contributed by atoms with Crippen LogP contribution in [0, 0.1) is 0 Å². The van der Waals surface area contributed by atoms with Crippen LogP contribution in [0.2, 0.25) is 5.15 Å². The van der Waals surface area contributed by atoms with Gasteiger partial charge in [0, 0.05) is 41.0 Å². The molecule has 7 nitrogen and oxygen atoms in total. The zero-order valence-electron chi connectivity index (χ0n) is 18.6. The molecule has 0 unspecified atom stereocenters. The van der Waals surface area contributed by atoms with Gasteiger partial charge < -0.3 is 15.1 Å². The van der Waals surface area contributed by atoms with E-state index in [4.69, 9.17) is 16.6 Å². The normalized spacial score (nSPS) is 12.7. The fourth-order valence-corrected chi connectivity index (χ4v) is 5.24. The molecule has 35 heavy (non-hydrogen) atoms. The number of carbonyl (C=O) groups excluding carboxylic acids is 1. The fourth-order valence-electron chi connectivity index (χ4n) is 3.91. The maximum absolute atomic E-state index is 13.5. The first-order valence-electron chi connectivity index (χ1n) is 11.0. The molecule has 2 aromatic carbocycles. The number of benzene rings is 2. The molecule has 0 saturated carbocycles. The van der Waals surface area contributed by atoms with Crippen molar-refractivity contribution in [1.29, 1.82) is 0 Å². The summed E-state index contributed by atoms with van der Waals surface area (Å²) in [5, 5.41) is 20.4. The molecule has 9 heteroatoms. The number of pyridine rings is 1. The zero-order chi connectivity index (χ0) is 24.4. The van der Waals surface area contributed by atoms with Crippen LogP contribution in [0.4, 0.5) is 5.69 Å². The number of fused-ring (bicyclic) bond motifs is 1. The number of phenolic OH excluding ortho intramolecular Hbond substituents is 2. The van der Waals surface area contributed by atoms with E-state index in [1.807, 2.05) is 42.1 Å². The van der Waals surface area contributed by atoms with E-state index >= 15 is 0 Å². The molecule has 3 heterocycles. The summed E-state index contributed by atoms with van der Waals surface area (Å²) in [6, 6.07) is 14.9. The Morgan fingerprint density at radius 1 is 1.09 bits per heavy atom. The quantitative estimate of drug-likeness (QED) is 0.358. The summed E-state index contributed by atoms with van der Waals surface area (Å²) in [5.74, 6) is 1.55. The summed E-state index contributed by atoms with van der Waals surface area (Å²) in [5.41, 5.74) is 4.31. The summed E-state index contributed by atoms with van der Waals surface area (Å²) in [6.45, 7) is 0.241. The van der Waals surface area contributed by atoms with E-state index in [1.54, 1.807) is 23.4 Å². The van der Waals surface area contributed by atoms with Gasteiger partial charge in [-0.2, -0.15) is 11.8 Å². The van der Waals surface area contributed by atoms with E-state index in [-0.39, 0.29) is 23.6 Å². The lowest BCUT2D eigenvalue weighted by Gasteiger charge is -2.24. The van der Waals surface area contributed by atoms with Gasteiger partial charge >= 0.3 is 0 Å². The molecule has 0 bridgehead atoms. The highest BCUT2D eigenvalue weighted by atomic mass is 35.5. The van der Waals surface area contributed by atoms with Gasteiger partial charge in [0.05, 0.1) is 17.8 Å². The molecule has 176 valence electrons. The topological polar surface area (TPSA) is 99.4 Å². The van der Waals surface area contributed by atoms with Crippen LogP contribution in [0.3, 0.4) is 0 Å². The highest BCUT2D eigenvalue weighted by Crippen LogP contribution is 2.32. The second-order valence-electron chi connectivity index (χ2n) is 8.07. The Balaban J connectivity index is 1.49. The number of amides is 1. The number of carbonyl (C=O) groups is 1. The van der Waals surface area contributed by atoms with Crippen molar-refractivity contribution in [2.45, 2.75) is 18.7 Å². The molecule has 5 rings (SSSR count). The zero-order valence-corrected chi connectivity index (χ0v) is 20.1. The molecule has 4 aromatic rings.